The van der Waals surface area contributed by atoms with Crippen LogP contribution < -0.4 is 10.0 Å². The van der Waals surface area contributed by atoms with Crippen molar-refractivity contribution in [3.63, 3.8) is 0 Å². The molecule has 0 aliphatic heterocycles. The first-order valence-corrected chi connectivity index (χ1v) is 10.3. The molecule has 28 heavy (non-hydrogen) atoms. The largest absolute Gasteiger partial charge is 0.465 e. The number of sulfonamides is 1. The number of methoxy groups -OCH3 is 1. The average Bonchev–Trinajstić information content (AvgIpc) is 2.71. The number of hydrogen-bond acceptors (Lipinski definition) is 5. The van der Waals surface area contributed by atoms with Gasteiger partial charge in [-0.2, -0.15) is 0 Å². The SMILES string of the molecule is CCC(C)NS(=O)(=O)c1cccc(C(=O)NCc2ccc(C(=O)OC)cc2)c1. The van der Waals surface area contributed by atoms with E-state index in [0.29, 0.717) is 12.0 Å². The van der Waals surface area contributed by atoms with Crippen LogP contribution in [-0.2, 0) is 21.3 Å². The number of amides is 1. The number of esters is 1. The van der Waals surface area contributed by atoms with Crippen LogP contribution in [0.4, 0.5) is 0 Å². The van der Waals surface area contributed by atoms with E-state index in [4.69, 9.17) is 0 Å². The summed E-state index contributed by atoms with van der Waals surface area (Å²) in [6.07, 6.45) is 0.661. The van der Waals surface area contributed by atoms with Crippen molar-refractivity contribution in [3.8, 4) is 0 Å². The van der Waals surface area contributed by atoms with E-state index in [9.17, 15) is 18.0 Å². The molecule has 0 fully saturated rings. The summed E-state index contributed by atoms with van der Waals surface area (Å²) in [7, 11) is -2.38. The standard InChI is InChI=1S/C20H24N2O5S/c1-4-14(2)22-28(25,26)18-7-5-6-17(12-18)19(23)21-13-15-8-10-16(11-9-15)20(24)27-3/h5-12,14,22H,4,13H2,1-3H3,(H,21,23). The minimum absolute atomic E-state index is 0.0443. The molecule has 0 aromatic heterocycles. The zero-order chi connectivity index (χ0) is 20.7. The Bertz CT molecular complexity index is 939. The summed E-state index contributed by atoms with van der Waals surface area (Å²) in [5, 5.41) is 2.74. The van der Waals surface area contributed by atoms with E-state index in [1.807, 2.05) is 6.92 Å². The Morgan fingerprint density at radius 1 is 1.07 bits per heavy atom. The Kier molecular flexibility index (Phi) is 7.31. The second kappa shape index (κ2) is 9.48. The minimum Gasteiger partial charge on any atom is -0.465 e. The van der Waals surface area contributed by atoms with Crippen LogP contribution in [0.15, 0.2) is 53.4 Å². The summed E-state index contributed by atoms with van der Waals surface area (Å²) in [6, 6.07) is 12.3. The molecule has 0 saturated carbocycles. The van der Waals surface area contributed by atoms with Gasteiger partial charge in [-0.15, -0.1) is 0 Å². The number of ether oxygens (including phenoxy) is 1. The Morgan fingerprint density at radius 2 is 1.75 bits per heavy atom. The zero-order valence-electron chi connectivity index (χ0n) is 16.1. The number of carbonyl (C=O) groups excluding carboxylic acids is 2. The molecule has 0 saturated heterocycles. The molecule has 1 atom stereocenters. The van der Waals surface area contributed by atoms with E-state index in [2.05, 4.69) is 14.8 Å². The van der Waals surface area contributed by atoms with E-state index >= 15 is 0 Å². The molecule has 0 bridgehead atoms. The molecule has 0 aliphatic rings. The van der Waals surface area contributed by atoms with Gasteiger partial charge in [0.05, 0.1) is 17.6 Å². The lowest BCUT2D eigenvalue weighted by Crippen LogP contribution is -2.32. The lowest BCUT2D eigenvalue weighted by Gasteiger charge is -2.13. The van der Waals surface area contributed by atoms with Gasteiger partial charge >= 0.3 is 5.97 Å². The monoisotopic (exact) mass is 404 g/mol. The first kappa shape index (κ1) is 21.6. The summed E-state index contributed by atoms with van der Waals surface area (Å²) in [4.78, 5) is 23.9. The van der Waals surface area contributed by atoms with E-state index in [1.54, 1.807) is 37.3 Å². The van der Waals surface area contributed by atoms with Crippen LogP contribution in [0.1, 0.15) is 46.5 Å². The van der Waals surface area contributed by atoms with Crippen molar-refractivity contribution in [1.82, 2.24) is 10.0 Å². The Hall–Kier alpha value is -2.71. The summed E-state index contributed by atoms with van der Waals surface area (Å²) in [5.74, 6) is -0.822. The van der Waals surface area contributed by atoms with Gasteiger partial charge in [-0.3, -0.25) is 4.79 Å². The van der Waals surface area contributed by atoms with Gasteiger partial charge in [0.15, 0.2) is 0 Å². The highest BCUT2D eigenvalue weighted by molar-refractivity contribution is 7.89. The van der Waals surface area contributed by atoms with Crippen LogP contribution in [0, 0.1) is 0 Å². The van der Waals surface area contributed by atoms with Crippen LogP contribution in [0.2, 0.25) is 0 Å². The molecule has 7 nitrogen and oxygen atoms in total. The molecule has 0 spiro atoms. The van der Waals surface area contributed by atoms with Crippen molar-refractivity contribution in [1.29, 1.82) is 0 Å². The van der Waals surface area contributed by atoms with Crippen LogP contribution in [0.25, 0.3) is 0 Å². The predicted molar refractivity (Wildman–Crippen MR) is 105 cm³/mol. The lowest BCUT2D eigenvalue weighted by molar-refractivity contribution is 0.0600. The highest BCUT2D eigenvalue weighted by Crippen LogP contribution is 2.13. The maximum absolute atomic E-state index is 12.4. The highest BCUT2D eigenvalue weighted by Gasteiger charge is 2.18. The van der Waals surface area contributed by atoms with Gasteiger partial charge < -0.3 is 10.1 Å². The normalized spacial score (nSPS) is 12.2. The number of hydrogen-bond donors (Lipinski definition) is 2. The van der Waals surface area contributed by atoms with Gasteiger partial charge in [0, 0.05) is 18.2 Å². The third-order valence-corrected chi connectivity index (χ3v) is 5.79. The zero-order valence-corrected chi connectivity index (χ0v) is 16.9. The van der Waals surface area contributed by atoms with E-state index in [-0.39, 0.29) is 23.0 Å². The molecule has 8 heteroatoms. The van der Waals surface area contributed by atoms with E-state index < -0.39 is 21.9 Å². The topological polar surface area (TPSA) is 102 Å². The molecule has 2 N–H and O–H groups in total. The van der Waals surface area contributed by atoms with Crippen molar-refractivity contribution in [2.45, 2.75) is 37.8 Å². The second-order valence-electron chi connectivity index (χ2n) is 6.33. The third-order valence-electron chi connectivity index (χ3n) is 4.20. The van der Waals surface area contributed by atoms with Gasteiger partial charge in [-0.25, -0.2) is 17.9 Å². The molecule has 2 rings (SSSR count). The first-order chi connectivity index (χ1) is 13.3. The van der Waals surface area contributed by atoms with Gasteiger partial charge in [0.1, 0.15) is 0 Å². The van der Waals surface area contributed by atoms with Crippen LogP contribution in [0.3, 0.4) is 0 Å². The third kappa shape index (κ3) is 5.64. The summed E-state index contributed by atoms with van der Waals surface area (Å²) in [5.41, 5.74) is 1.46. The smallest absolute Gasteiger partial charge is 0.337 e. The second-order valence-corrected chi connectivity index (χ2v) is 8.04. The van der Waals surface area contributed by atoms with E-state index in [1.165, 1.54) is 25.3 Å². The number of benzene rings is 2. The number of rotatable bonds is 8. The molecule has 2 aromatic carbocycles. The van der Waals surface area contributed by atoms with Gasteiger partial charge in [-0.05, 0) is 49.2 Å². The van der Waals surface area contributed by atoms with Gasteiger partial charge in [-0.1, -0.05) is 25.1 Å². The molecule has 0 aliphatic carbocycles. The van der Waals surface area contributed by atoms with Crippen LogP contribution >= 0.6 is 0 Å². The molecule has 1 amide bonds. The molecule has 150 valence electrons. The van der Waals surface area contributed by atoms with Crippen LogP contribution in [-0.4, -0.2) is 33.4 Å². The molecule has 0 heterocycles. The summed E-state index contributed by atoms with van der Waals surface area (Å²) >= 11 is 0. The molecular weight excluding hydrogens is 380 g/mol. The maximum Gasteiger partial charge on any atom is 0.337 e. The average molecular weight is 404 g/mol. The predicted octanol–water partition coefficient (Wildman–Crippen LogP) is 2.48. The summed E-state index contributed by atoms with van der Waals surface area (Å²) < 4.78 is 32.0. The number of nitrogens with one attached hydrogen (secondary N) is 2. The van der Waals surface area contributed by atoms with Crippen molar-refractivity contribution in [3.05, 3.63) is 65.2 Å². The quantitative estimate of drug-likeness (QED) is 0.658. The lowest BCUT2D eigenvalue weighted by atomic mass is 10.1. The Balaban J connectivity index is 2.06. The fourth-order valence-corrected chi connectivity index (χ4v) is 3.75. The van der Waals surface area contributed by atoms with Gasteiger partial charge in [0.25, 0.3) is 5.91 Å². The van der Waals surface area contributed by atoms with E-state index in [0.717, 1.165) is 5.56 Å². The van der Waals surface area contributed by atoms with Crippen molar-refractivity contribution < 1.29 is 22.7 Å². The maximum atomic E-state index is 12.4. The Labute approximate surface area is 165 Å². The van der Waals surface area contributed by atoms with Crippen LogP contribution in [0.5, 0.6) is 0 Å². The fourth-order valence-electron chi connectivity index (χ4n) is 2.38. The molecule has 2 aromatic rings. The minimum atomic E-state index is -3.68. The Morgan fingerprint density at radius 3 is 2.36 bits per heavy atom. The highest BCUT2D eigenvalue weighted by atomic mass is 32.2. The van der Waals surface area contributed by atoms with Crippen molar-refractivity contribution in [2.75, 3.05) is 7.11 Å². The van der Waals surface area contributed by atoms with Gasteiger partial charge in [0.2, 0.25) is 10.0 Å². The molecular formula is C20H24N2O5S. The first-order valence-electron chi connectivity index (χ1n) is 8.84. The van der Waals surface area contributed by atoms with Crippen molar-refractivity contribution in [2.24, 2.45) is 0 Å². The molecule has 1 unspecified atom stereocenters. The fraction of sp³-hybridized carbons (Fsp3) is 0.300. The summed E-state index contributed by atoms with van der Waals surface area (Å²) in [6.45, 7) is 3.90. The molecule has 0 radical (unpaired) electrons. The number of carbonyl (C=O) groups is 2. The van der Waals surface area contributed by atoms with Crippen molar-refractivity contribution >= 4 is 21.9 Å².